The van der Waals surface area contributed by atoms with Crippen LogP contribution >= 0.6 is 0 Å². The first-order valence-corrected chi connectivity index (χ1v) is 6.86. The highest BCUT2D eigenvalue weighted by atomic mass is 16.5. The normalized spacial score (nSPS) is 10.2. The number of ether oxygens (including phenoxy) is 4. The number of rotatable bonds is 6. The fourth-order valence-electron chi connectivity index (χ4n) is 2.12. The molecule has 0 spiro atoms. The maximum absolute atomic E-state index is 5.80. The fraction of sp³-hybridized carbons (Fsp3) is 0.294. The van der Waals surface area contributed by atoms with Gasteiger partial charge in [-0.15, -0.1) is 0 Å². The van der Waals surface area contributed by atoms with Crippen molar-refractivity contribution in [2.45, 2.75) is 13.5 Å². The predicted molar refractivity (Wildman–Crippen MR) is 86.0 cm³/mol. The Hall–Kier alpha value is -2.56. The Morgan fingerprint density at radius 3 is 2.05 bits per heavy atom. The van der Waals surface area contributed by atoms with Crippen LogP contribution in [0.1, 0.15) is 11.1 Å². The van der Waals surface area contributed by atoms with Crippen molar-refractivity contribution in [2.75, 3.05) is 27.1 Å². The SMILES string of the molecule is COc1cc(COc2ccc(N)c(C)c2)cc(OC)c1OC. The minimum Gasteiger partial charge on any atom is -0.493 e. The van der Waals surface area contributed by atoms with E-state index in [1.807, 2.05) is 37.3 Å². The summed E-state index contributed by atoms with van der Waals surface area (Å²) in [6.07, 6.45) is 0. The zero-order valence-electron chi connectivity index (χ0n) is 13.3. The molecule has 0 aliphatic rings. The van der Waals surface area contributed by atoms with E-state index in [-0.39, 0.29) is 0 Å². The number of benzene rings is 2. The quantitative estimate of drug-likeness (QED) is 0.830. The Bertz CT molecular complexity index is 630. The monoisotopic (exact) mass is 303 g/mol. The second-order valence-corrected chi connectivity index (χ2v) is 4.84. The van der Waals surface area contributed by atoms with Crippen LogP contribution in [0.2, 0.25) is 0 Å². The van der Waals surface area contributed by atoms with Gasteiger partial charge in [-0.05, 0) is 48.4 Å². The smallest absolute Gasteiger partial charge is 0.203 e. The highest BCUT2D eigenvalue weighted by molar-refractivity contribution is 5.54. The van der Waals surface area contributed by atoms with Gasteiger partial charge in [0.2, 0.25) is 5.75 Å². The molecule has 0 amide bonds. The lowest BCUT2D eigenvalue weighted by atomic mass is 10.2. The van der Waals surface area contributed by atoms with E-state index in [1.54, 1.807) is 21.3 Å². The standard InChI is InChI=1S/C17H21NO4/c1-11-7-13(5-6-14(11)18)22-10-12-8-15(19-2)17(21-4)16(9-12)20-3/h5-9H,10,18H2,1-4H3. The van der Waals surface area contributed by atoms with E-state index in [0.29, 0.717) is 23.9 Å². The van der Waals surface area contributed by atoms with Crippen molar-refractivity contribution < 1.29 is 18.9 Å². The summed E-state index contributed by atoms with van der Waals surface area (Å²) in [6.45, 7) is 2.34. The van der Waals surface area contributed by atoms with Gasteiger partial charge >= 0.3 is 0 Å². The molecule has 0 saturated heterocycles. The van der Waals surface area contributed by atoms with E-state index in [1.165, 1.54) is 0 Å². The third-order valence-electron chi connectivity index (χ3n) is 3.37. The van der Waals surface area contributed by atoms with Crippen LogP contribution < -0.4 is 24.7 Å². The Morgan fingerprint density at radius 2 is 1.55 bits per heavy atom. The number of hydrogen-bond donors (Lipinski definition) is 1. The fourth-order valence-corrected chi connectivity index (χ4v) is 2.12. The lowest BCUT2D eigenvalue weighted by Crippen LogP contribution is -2.00. The van der Waals surface area contributed by atoms with Crippen LogP contribution in [0.5, 0.6) is 23.0 Å². The van der Waals surface area contributed by atoms with Gasteiger partial charge in [0, 0.05) is 5.69 Å². The summed E-state index contributed by atoms with van der Waals surface area (Å²) in [5.74, 6) is 2.54. The molecule has 2 aromatic rings. The van der Waals surface area contributed by atoms with Gasteiger partial charge in [-0.2, -0.15) is 0 Å². The summed E-state index contributed by atoms with van der Waals surface area (Å²) in [6, 6.07) is 9.32. The summed E-state index contributed by atoms with van der Waals surface area (Å²) in [4.78, 5) is 0. The predicted octanol–water partition coefficient (Wildman–Crippen LogP) is 3.18. The molecule has 5 nitrogen and oxygen atoms in total. The summed E-state index contributed by atoms with van der Waals surface area (Å²) >= 11 is 0. The van der Waals surface area contributed by atoms with E-state index >= 15 is 0 Å². The molecule has 0 unspecified atom stereocenters. The Labute approximate surface area is 130 Å². The molecule has 2 aromatic carbocycles. The van der Waals surface area contributed by atoms with Crippen LogP contribution in [0.3, 0.4) is 0 Å². The molecule has 0 aliphatic carbocycles. The second-order valence-electron chi connectivity index (χ2n) is 4.84. The average Bonchev–Trinajstić information content (AvgIpc) is 2.54. The third-order valence-corrected chi connectivity index (χ3v) is 3.37. The first kappa shape index (κ1) is 15.8. The van der Waals surface area contributed by atoms with Gasteiger partial charge in [-0.25, -0.2) is 0 Å². The first-order chi connectivity index (χ1) is 10.6. The highest BCUT2D eigenvalue weighted by Gasteiger charge is 2.13. The molecule has 0 saturated carbocycles. The number of anilines is 1. The Balaban J connectivity index is 2.20. The van der Waals surface area contributed by atoms with Crippen LogP contribution in [-0.4, -0.2) is 21.3 Å². The molecule has 0 aliphatic heterocycles. The molecule has 118 valence electrons. The lowest BCUT2D eigenvalue weighted by molar-refractivity contribution is 0.298. The van der Waals surface area contributed by atoms with E-state index in [9.17, 15) is 0 Å². The topological polar surface area (TPSA) is 62.9 Å². The molecule has 2 N–H and O–H groups in total. The number of methoxy groups -OCH3 is 3. The molecule has 22 heavy (non-hydrogen) atoms. The lowest BCUT2D eigenvalue weighted by Gasteiger charge is -2.14. The van der Waals surface area contributed by atoms with E-state index in [2.05, 4.69) is 0 Å². The number of hydrogen-bond acceptors (Lipinski definition) is 5. The molecule has 0 radical (unpaired) electrons. The molecular weight excluding hydrogens is 282 g/mol. The molecule has 0 heterocycles. The molecular formula is C17H21NO4. The Kier molecular flexibility index (Phi) is 4.99. The Morgan fingerprint density at radius 1 is 0.909 bits per heavy atom. The van der Waals surface area contributed by atoms with Gasteiger partial charge in [0.15, 0.2) is 11.5 Å². The largest absolute Gasteiger partial charge is 0.493 e. The summed E-state index contributed by atoms with van der Waals surface area (Å²) in [5, 5.41) is 0. The van der Waals surface area contributed by atoms with Crippen molar-refractivity contribution in [3.63, 3.8) is 0 Å². The molecule has 0 bridgehead atoms. The zero-order valence-corrected chi connectivity index (χ0v) is 13.3. The van der Waals surface area contributed by atoms with Gasteiger partial charge in [-0.3, -0.25) is 0 Å². The highest BCUT2D eigenvalue weighted by Crippen LogP contribution is 2.38. The number of aryl methyl sites for hydroxylation is 1. The summed E-state index contributed by atoms with van der Waals surface area (Å²) in [5.41, 5.74) is 8.46. The van der Waals surface area contributed by atoms with E-state index in [0.717, 1.165) is 22.6 Å². The molecule has 0 aromatic heterocycles. The minimum absolute atomic E-state index is 0.389. The van der Waals surface area contributed by atoms with Crippen LogP contribution in [0.25, 0.3) is 0 Å². The number of nitrogen functional groups attached to an aromatic ring is 1. The molecule has 5 heteroatoms. The van der Waals surface area contributed by atoms with Crippen LogP contribution in [0, 0.1) is 6.92 Å². The maximum atomic E-state index is 5.80. The summed E-state index contributed by atoms with van der Waals surface area (Å²) in [7, 11) is 4.75. The van der Waals surface area contributed by atoms with Crippen molar-refractivity contribution in [3.8, 4) is 23.0 Å². The van der Waals surface area contributed by atoms with Gasteiger partial charge in [0.1, 0.15) is 12.4 Å². The molecule has 0 fully saturated rings. The van der Waals surface area contributed by atoms with Crippen molar-refractivity contribution in [1.29, 1.82) is 0 Å². The van der Waals surface area contributed by atoms with Gasteiger partial charge in [0.05, 0.1) is 21.3 Å². The van der Waals surface area contributed by atoms with Crippen LogP contribution in [0.15, 0.2) is 30.3 Å². The number of nitrogens with two attached hydrogens (primary N) is 1. The van der Waals surface area contributed by atoms with Gasteiger partial charge in [0.25, 0.3) is 0 Å². The van der Waals surface area contributed by atoms with E-state index in [4.69, 9.17) is 24.7 Å². The van der Waals surface area contributed by atoms with E-state index < -0.39 is 0 Å². The zero-order chi connectivity index (χ0) is 16.1. The van der Waals surface area contributed by atoms with Crippen LogP contribution in [-0.2, 0) is 6.61 Å². The second kappa shape index (κ2) is 6.93. The summed E-state index contributed by atoms with van der Waals surface area (Å²) < 4.78 is 21.8. The van der Waals surface area contributed by atoms with Crippen LogP contribution in [0.4, 0.5) is 5.69 Å². The van der Waals surface area contributed by atoms with Crippen molar-refractivity contribution >= 4 is 5.69 Å². The van der Waals surface area contributed by atoms with Gasteiger partial charge in [-0.1, -0.05) is 0 Å². The average molecular weight is 303 g/mol. The maximum Gasteiger partial charge on any atom is 0.203 e. The van der Waals surface area contributed by atoms with Crippen molar-refractivity contribution in [1.82, 2.24) is 0 Å². The minimum atomic E-state index is 0.389. The van der Waals surface area contributed by atoms with Crippen molar-refractivity contribution in [2.24, 2.45) is 0 Å². The van der Waals surface area contributed by atoms with Crippen molar-refractivity contribution in [3.05, 3.63) is 41.5 Å². The third kappa shape index (κ3) is 3.36. The molecule has 0 atom stereocenters. The first-order valence-electron chi connectivity index (χ1n) is 6.86. The van der Waals surface area contributed by atoms with Gasteiger partial charge < -0.3 is 24.7 Å². The molecule has 2 rings (SSSR count).